The second-order valence-corrected chi connectivity index (χ2v) is 6.96. The Morgan fingerprint density at radius 3 is 2.00 bits per heavy atom. The molecule has 0 aliphatic carbocycles. The van der Waals surface area contributed by atoms with Gasteiger partial charge in [-0.15, -0.1) is 0 Å². The van der Waals surface area contributed by atoms with Crippen molar-refractivity contribution < 1.29 is 9.53 Å². The largest absolute Gasteiger partial charge is 0.493 e. The number of amides is 1. The molecule has 0 unspecified atom stereocenters. The second-order valence-electron chi connectivity index (χ2n) is 6.55. The summed E-state index contributed by atoms with van der Waals surface area (Å²) in [6, 6.07) is 27.4. The van der Waals surface area contributed by atoms with E-state index in [4.69, 9.17) is 17.0 Å². The second kappa shape index (κ2) is 11.0. The van der Waals surface area contributed by atoms with Gasteiger partial charge in [-0.1, -0.05) is 60.7 Å². The highest BCUT2D eigenvalue weighted by Crippen LogP contribution is 2.13. The molecule has 5 heteroatoms. The minimum atomic E-state index is -0.238. The lowest BCUT2D eigenvalue weighted by Crippen LogP contribution is -2.40. The first-order valence-corrected chi connectivity index (χ1v) is 10.0. The van der Waals surface area contributed by atoms with Gasteiger partial charge in [0.2, 0.25) is 0 Å². The maximum Gasteiger partial charge on any atom is 0.257 e. The molecule has 0 fully saturated rings. The van der Waals surface area contributed by atoms with Crippen LogP contribution in [0.1, 0.15) is 21.5 Å². The molecule has 1 amide bonds. The zero-order valence-corrected chi connectivity index (χ0v) is 17.0. The van der Waals surface area contributed by atoms with Gasteiger partial charge >= 0.3 is 0 Å². The van der Waals surface area contributed by atoms with E-state index in [0.717, 1.165) is 18.6 Å². The van der Waals surface area contributed by atoms with Gasteiger partial charge in [-0.25, -0.2) is 0 Å². The fourth-order valence-corrected chi connectivity index (χ4v) is 3.01. The molecule has 0 heterocycles. The molecular formula is C24H24N2O2S. The van der Waals surface area contributed by atoms with Gasteiger partial charge in [0.25, 0.3) is 5.91 Å². The van der Waals surface area contributed by atoms with E-state index >= 15 is 0 Å². The van der Waals surface area contributed by atoms with Crippen LogP contribution in [0.25, 0.3) is 0 Å². The molecule has 0 spiro atoms. The molecule has 3 aromatic carbocycles. The molecule has 0 aliphatic rings. The first-order valence-electron chi connectivity index (χ1n) is 9.60. The van der Waals surface area contributed by atoms with Crippen LogP contribution in [-0.2, 0) is 12.8 Å². The number of thiocarbonyl (C=S) groups is 1. The molecule has 2 N–H and O–H groups in total. The molecular weight excluding hydrogens is 380 g/mol. The number of nitrogens with one attached hydrogen (secondary N) is 2. The van der Waals surface area contributed by atoms with Crippen LogP contribution in [-0.4, -0.2) is 24.2 Å². The van der Waals surface area contributed by atoms with Crippen molar-refractivity contribution in [2.75, 3.05) is 13.2 Å². The summed E-state index contributed by atoms with van der Waals surface area (Å²) >= 11 is 5.21. The molecule has 3 aromatic rings. The fourth-order valence-electron chi connectivity index (χ4n) is 2.82. The first kappa shape index (κ1) is 20.6. The van der Waals surface area contributed by atoms with Crippen molar-refractivity contribution in [2.24, 2.45) is 0 Å². The van der Waals surface area contributed by atoms with Crippen LogP contribution < -0.4 is 15.4 Å². The minimum absolute atomic E-state index is 0.238. The molecule has 0 atom stereocenters. The minimum Gasteiger partial charge on any atom is -0.493 e. The number of benzene rings is 3. The number of rotatable bonds is 8. The Hall–Kier alpha value is -3.18. The quantitative estimate of drug-likeness (QED) is 0.554. The van der Waals surface area contributed by atoms with Crippen LogP contribution in [0.2, 0.25) is 0 Å². The van der Waals surface area contributed by atoms with Crippen molar-refractivity contribution in [3.05, 3.63) is 102 Å². The van der Waals surface area contributed by atoms with Gasteiger partial charge in [-0.05, 0) is 54.0 Å². The predicted octanol–water partition coefficient (Wildman–Crippen LogP) is 4.16. The summed E-state index contributed by atoms with van der Waals surface area (Å²) in [6.07, 6.45) is 1.68. The Labute approximate surface area is 176 Å². The van der Waals surface area contributed by atoms with E-state index in [1.54, 1.807) is 24.3 Å². The smallest absolute Gasteiger partial charge is 0.257 e. The van der Waals surface area contributed by atoms with Crippen molar-refractivity contribution in [2.45, 2.75) is 12.8 Å². The molecule has 4 nitrogen and oxygen atoms in total. The maximum atomic E-state index is 12.3. The Morgan fingerprint density at radius 1 is 0.793 bits per heavy atom. The molecule has 0 bridgehead atoms. The average molecular weight is 405 g/mol. The van der Waals surface area contributed by atoms with Gasteiger partial charge in [0, 0.05) is 18.5 Å². The SMILES string of the molecule is O=C(NC(=S)NCCc1ccccc1)c1ccc(OCCc2ccccc2)cc1. The Balaban J connectivity index is 1.39. The summed E-state index contributed by atoms with van der Waals surface area (Å²) in [5.41, 5.74) is 2.99. The van der Waals surface area contributed by atoms with Crippen molar-refractivity contribution >= 4 is 23.2 Å². The summed E-state index contributed by atoms with van der Waals surface area (Å²) < 4.78 is 5.75. The highest BCUT2D eigenvalue weighted by Gasteiger charge is 2.08. The third-order valence-electron chi connectivity index (χ3n) is 4.39. The van der Waals surface area contributed by atoms with E-state index in [9.17, 15) is 4.79 Å². The summed E-state index contributed by atoms with van der Waals surface area (Å²) in [6.45, 7) is 1.25. The standard InChI is InChI=1S/C24H24N2O2S/c27-23(26-24(29)25-17-15-19-7-3-1-4-8-19)21-11-13-22(14-12-21)28-18-16-20-9-5-2-6-10-20/h1-14H,15-18H2,(H2,25,26,27,29). The van der Waals surface area contributed by atoms with Crippen LogP contribution in [0.3, 0.4) is 0 Å². The molecule has 0 aromatic heterocycles. The van der Waals surface area contributed by atoms with Gasteiger partial charge < -0.3 is 10.1 Å². The molecule has 148 valence electrons. The summed E-state index contributed by atoms with van der Waals surface area (Å²) in [7, 11) is 0. The lowest BCUT2D eigenvalue weighted by atomic mass is 10.1. The monoisotopic (exact) mass is 404 g/mol. The Kier molecular flexibility index (Phi) is 7.78. The highest BCUT2D eigenvalue weighted by molar-refractivity contribution is 7.80. The Bertz CT molecular complexity index is 913. The molecule has 0 radical (unpaired) electrons. The van der Waals surface area contributed by atoms with E-state index in [2.05, 4.69) is 34.9 Å². The van der Waals surface area contributed by atoms with Gasteiger partial charge in [0.15, 0.2) is 5.11 Å². The van der Waals surface area contributed by atoms with Crippen LogP contribution in [0.5, 0.6) is 5.75 Å². The predicted molar refractivity (Wildman–Crippen MR) is 120 cm³/mol. The van der Waals surface area contributed by atoms with Crippen LogP contribution in [0.15, 0.2) is 84.9 Å². The highest BCUT2D eigenvalue weighted by atomic mass is 32.1. The van der Waals surface area contributed by atoms with Crippen LogP contribution >= 0.6 is 12.2 Å². The van der Waals surface area contributed by atoms with Crippen molar-refractivity contribution in [3.8, 4) is 5.75 Å². The fraction of sp³-hybridized carbons (Fsp3) is 0.167. The van der Waals surface area contributed by atoms with Gasteiger partial charge in [0.1, 0.15) is 5.75 Å². The van der Waals surface area contributed by atoms with Crippen molar-refractivity contribution in [1.82, 2.24) is 10.6 Å². The zero-order valence-electron chi connectivity index (χ0n) is 16.1. The summed E-state index contributed by atoms with van der Waals surface area (Å²) in [5, 5.41) is 6.10. The third-order valence-corrected chi connectivity index (χ3v) is 4.63. The number of carbonyl (C=O) groups is 1. The van der Waals surface area contributed by atoms with Crippen LogP contribution in [0.4, 0.5) is 0 Å². The lowest BCUT2D eigenvalue weighted by Gasteiger charge is -2.10. The van der Waals surface area contributed by atoms with E-state index in [1.165, 1.54) is 11.1 Å². The average Bonchev–Trinajstić information content (AvgIpc) is 2.76. The van der Waals surface area contributed by atoms with Gasteiger partial charge in [0.05, 0.1) is 6.61 Å². The van der Waals surface area contributed by atoms with E-state index in [-0.39, 0.29) is 5.91 Å². The molecule has 3 rings (SSSR count). The number of hydrogen-bond acceptors (Lipinski definition) is 3. The van der Waals surface area contributed by atoms with Gasteiger partial charge in [-0.3, -0.25) is 10.1 Å². The van der Waals surface area contributed by atoms with Crippen molar-refractivity contribution in [1.29, 1.82) is 0 Å². The zero-order chi connectivity index (χ0) is 20.3. The van der Waals surface area contributed by atoms with E-state index < -0.39 is 0 Å². The number of carbonyl (C=O) groups excluding carboxylic acids is 1. The van der Waals surface area contributed by atoms with Crippen molar-refractivity contribution in [3.63, 3.8) is 0 Å². The molecule has 0 saturated carbocycles. The van der Waals surface area contributed by atoms with E-state index in [0.29, 0.717) is 23.8 Å². The molecule has 29 heavy (non-hydrogen) atoms. The number of ether oxygens (including phenoxy) is 1. The van der Waals surface area contributed by atoms with E-state index in [1.807, 2.05) is 36.4 Å². The maximum absolute atomic E-state index is 12.3. The lowest BCUT2D eigenvalue weighted by molar-refractivity contribution is 0.0976. The summed E-state index contributed by atoms with van der Waals surface area (Å²) in [4.78, 5) is 12.3. The topological polar surface area (TPSA) is 50.4 Å². The van der Waals surface area contributed by atoms with Crippen LogP contribution in [0, 0.1) is 0 Å². The normalized spacial score (nSPS) is 10.2. The van der Waals surface area contributed by atoms with Gasteiger partial charge in [-0.2, -0.15) is 0 Å². The molecule has 0 saturated heterocycles. The first-order chi connectivity index (χ1) is 14.2. The Morgan fingerprint density at radius 2 is 1.38 bits per heavy atom. The molecule has 0 aliphatic heterocycles. The third kappa shape index (κ3) is 7.05. The summed E-state index contributed by atoms with van der Waals surface area (Å²) in [5.74, 6) is 0.499. The number of hydrogen-bond donors (Lipinski definition) is 2.